The number of halogens is 2. The molecule has 0 aliphatic carbocycles. The maximum Gasteiger partial charge on any atom is 0.156 e. The Hall–Kier alpha value is -1.26. The molecule has 0 spiro atoms. The maximum absolute atomic E-state index is 6.01. The fourth-order valence-corrected chi connectivity index (χ4v) is 2.48. The van der Waals surface area contributed by atoms with Crippen molar-refractivity contribution in [2.75, 3.05) is 26.4 Å². The Balaban J connectivity index is 1.53. The van der Waals surface area contributed by atoms with Gasteiger partial charge in [-0.05, 0) is 12.1 Å². The largest absolute Gasteiger partial charge is 0.488 e. The molecule has 0 radical (unpaired) electrons. The molecule has 118 valence electrons. The molecule has 0 aliphatic heterocycles. The van der Waals surface area contributed by atoms with Gasteiger partial charge in [-0.1, -0.05) is 59.6 Å². The van der Waals surface area contributed by atoms with Crippen LogP contribution in [0.25, 0.3) is 0 Å². The van der Waals surface area contributed by atoms with E-state index in [0.717, 1.165) is 13.1 Å². The third-order valence-electron chi connectivity index (χ3n) is 3.08. The van der Waals surface area contributed by atoms with Gasteiger partial charge in [-0.2, -0.15) is 0 Å². The number of rotatable bonds is 9. The second-order valence-electron chi connectivity index (χ2n) is 4.78. The van der Waals surface area contributed by atoms with Crippen LogP contribution >= 0.6 is 23.2 Å². The zero-order valence-electron chi connectivity index (χ0n) is 12.3. The van der Waals surface area contributed by atoms with Crippen LogP contribution in [0.4, 0.5) is 0 Å². The summed E-state index contributed by atoms with van der Waals surface area (Å²) < 4.78 is 11.1. The molecule has 5 heteroatoms. The van der Waals surface area contributed by atoms with Crippen LogP contribution in [-0.4, -0.2) is 26.4 Å². The average molecular weight is 341 g/mol. The van der Waals surface area contributed by atoms with Gasteiger partial charge in [-0.3, -0.25) is 0 Å². The summed E-state index contributed by atoms with van der Waals surface area (Å²) in [5, 5.41) is 3.26. The van der Waals surface area contributed by atoms with E-state index in [-0.39, 0.29) is 0 Å². The maximum atomic E-state index is 6.01. The van der Waals surface area contributed by atoms with Gasteiger partial charge in [0.05, 0.1) is 29.8 Å². The highest BCUT2D eigenvalue weighted by Crippen LogP contribution is 2.32. The van der Waals surface area contributed by atoms with Gasteiger partial charge in [-0.15, -0.1) is 0 Å². The molecular formula is C17H20Cl2NO2+. The lowest BCUT2D eigenvalue weighted by Crippen LogP contribution is -2.83. The second-order valence-corrected chi connectivity index (χ2v) is 5.59. The minimum absolute atomic E-state index is 0.433. The van der Waals surface area contributed by atoms with Crippen molar-refractivity contribution in [1.29, 1.82) is 0 Å². The van der Waals surface area contributed by atoms with Crippen LogP contribution in [0.2, 0.25) is 10.0 Å². The van der Waals surface area contributed by atoms with Crippen LogP contribution in [0.5, 0.6) is 5.75 Å². The SMILES string of the molecule is Clc1cccc(Cl)c1OCCOCC[NH2+]Cc1ccccc1. The summed E-state index contributed by atoms with van der Waals surface area (Å²) in [6.45, 7) is 3.52. The zero-order valence-corrected chi connectivity index (χ0v) is 13.8. The number of ether oxygens (including phenoxy) is 2. The van der Waals surface area contributed by atoms with Crippen molar-refractivity contribution in [2.45, 2.75) is 6.54 Å². The minimum atomic E-state index is 0.433. The van der Waals surface area contributed by atoms with Gasteiger partial charge in [-0.25, -0.2) is 0 Å². The smallest absolute Gasteiger partial charge is 0.156 e. The van der Waals surface area contributed by atoms with Crippen molar-refractivity contribution >= 4 is 23.2 Å². The van der Waals surface area contributed by atoms with E-state index in [0.29, 0.717) is 35.6 Å². The van der Waals surface area contributed by atoms with Crippen LogP contribution in [0.3, 0.4) is 0 Å². The van der Waals surface area contributed by atoms with E-state index in [2.05, 4.69) is 29.6 Å². The van der Waals surface area contributed by atoms with E-state index in [1.165, 1.54) is 5.56 Å². The summed E-state index contributed by atoms with van der Waals surface area (Å²) in [5.74, 6) is 0.519. The van der Waals surface area contributed by atoms with Crippen LogP contribution in [0.1, 0.15) is 5.56 Å². The van der Waals surface area contributed by atoms with Crippen LogP contribution < -0.4 is 10.1 Å². The van der Waals surface area contributed by atoms with Crippen LogP contribution in [0.15, 0.2) is 48.5 Å². The van der Waals surface area contributed by atoms with Gasteiger partial charge in [0.25, 0.3) is 0 Å². The van der Waals surface area contributed by atoms with Gasteiger partial charge in [0.15, 0.2) is 5.75 Å². The molecule has 0 aliphatic rings. The van der Waals surface area contributed by atoms with Crippen molar-refractivity contribution < 1.29 is 14.8 Å². The predicted molar refractivity (Wildman–Crippen MR) is 89.7 cm³/mol. The molecule has 3 nitrogen and oxygen atoms in total. The van der Waals surface area contributed by atoms with E-state index >= 15 is 0 Å². The molecule has 0 amide bonds. The lowest BCUT2D eigenvalue weighted by Gasteiger charge is -2.09. The van der Waals surface area contributed by atoms with E-state index in [1.807, 2.05) is 6.07 Å². The average Bonchev–Trinajstić information content (AvgIpc) is 2.53. The molecule has 2 aromatic rings. The van der Waals surface area contributed by atoms with Crippen molar-refractivity contribution in [1.82, 2.24) is 0 Å². The number of benzene rings is 2. The Labute approximate surface area is 141 Å². The Morgan fingerprint density at radius 1 is 0.818 bits per heavy atom. The number of para-hydroxylation sites is 1. The molecule has 2 N–H and O–H groups in total. The minimum Gasteiger partial charge on any atom is -0.488 e. The fraction of sp³-hybridized carbons (Fsp3) is 0.294. The lowest BCUT2D eigenvalue weighted by molar-refractivity contribution is -0.672. The molecule has 0 aromatic heterocycles. The Morgan fingerprint density at radius 3 is 2.27 bits per heavy atom. The van der Waals surface area contributed by atoms with Gasteiger partial charge in [0, 0.05) is 5.56 Å². The molecule has 0 fully saturated rings. The van der Waals surface area contributed by atoms with Crippen molar-refractivity contribution in [3.05, 3.63) is 64.1 Å². The van der Waals surface area contributed by atoms with E-state index in [9.17, 15) is 0 Å². The molecule has 2 rings (SSSR count). The Kier molecular flexibility index (Phi) is 7.54. The van der Waals surface area contributed by atoms with Gasteiger partial charge < -0.3 is 14.8 Å². The molecule has 0 bridgehead atoms. The standard InChI is InChI=1S/C17H19Cl2NO2/c18-15-7-4-8-16(19)17(15)22-12-11-21-10-9-20-13-14-5-2-1-3-6-14/h1-8,20H,9-13H2/p+1. The Bertz CT molecular complexity index is 544. The summed E-state index contributed by atoms with van der Waals surface area (Å²) in [4.78, 5) is 0. The topological polar surface area (TPSA) is 35.1 Å². The molecule has 0 unspecified atom stereocenters. The molecule has 0 atom stereocenters. The number of quaternary nitrogens is 1. The summed E-state index contributed by atoms with van der Waals surface area (Å²) in [6.07, 6.45) is 0. The first-order valence-corrected chi connectivity index (χ1v) is 8.03. The molecule has 0 saturated heterocycles. The number of hydrogen-bond acceptors (Lipinski definition) is 2. The Morgan fingerprint density at radius 2 is 1.55 bits per heavy atom. The van der Waals surface area contributed by atoms with Gasteiger partial charge >= 0.3 is 0 Å². The van der Waals surface area contributed by atoms with Crippen LogP contribution in [0, 0.1) is 0 Å². The molecule has 2 aromatic carbocycles. The normalized spacial score (nSPS) is 10.6. The summed E-state index contributed by atoms with van der Waals surface area (Å²) in [6, 6.07) is 15.7. The first-order chi connectivity index (χ1) is 10.8. The molecule has 22 heavy (non-hydrogen) atoms. The van der Waals surface area contributed by atoms with Crippen molar-refractivity contribution in [2.24, 2.45) is 0 Å². The van der Waals surface area contributed by atoms with Crippen molar-refractivity contribution in [3.8, 4) is 5.75 Å². The number of hydrogen-bond donors (Lipinski definition) is 1. The highest BCUT2D eigenvalue weighted by molar-refractivity contribution is 6.37. The third-order valence-corrected chi connectivity index (χ3v) is 3.68. The van der Waals surface area contributed by atoms with E-state index in [4.69, 9.17) is 32.7 Å². The van der Waals surface area contributed by atoms with Crippen LogP contribution in [-0.2, 0) is 11.3 Å². The van der Waals surface area contributed by atoms with Gasteiger partial charge in [0.2, 0.25) is 0 Å². The monoisotopic (exact) mass is 340 g/mol. The summed E-state index contributed by atoms with van der Waals surface area (Å²) >= 11 is 12.0. The van der Waals surface area contributed by atoms with E-state index in [1.54, 1.807) is 18.2 Å². The summed E-state index contributed by atoms with van der Waals surface area (Å²) in [7, 11) is 0. The fourth-order valence-electron chi connectivity index (χ4n) is 1.97. The molecule has 0 saturated carbocycles. The second kappa shape index (κ2) is 9.70. The quantitative estimate of drug-likeness (QED) is 0.711. The third kappa shape index (κ3) is 5.85. The molecular weight excluding hydrogens is 321 g/mol. The number of nitrogens with two attached hydrogens (primary N) is 1. The van der Waals surface area contributed by atoms with E-state index < -0.39 is 0 Å². The summed E-state index contributed by atoms with van der Waals surface area (Å²) in [5.41, 5.74) is 1.32. The highest BCUT2D eigenvalue weighted by atomic mass is 35.5. The first-order valence-electron chi connectivity index (χ1n) is 7.27. The first kappa shape index (κ1) is 17.1. The predicted octanol–water partition coefficient (Wildman–Crippen LogP) is 3.15. The zero-order chi connectivity index (χ0) is 15.6. The highest BCUT2D eigenvalue weighted by Gasteiger charge is 2.05. The molecule has 0 heterocycles. The lowest BCUT2D eigenvalue weighted by atomic mass is 10.2. The van der Waals surface area contributed by atoms with Gasteiger partial charge in [0.1, 0.15) is 13.2 Å². The van der Waals surface area contributed by atoms with Crippen molar-refractivity contribution in [3.63, 3.8) is 0 Å².